The van der Waals surface area contributed by atoms with Gasteiger partial charge in [0.2, 0.25) is 0 Å². The Kier molecular flexibility index (Phi) is 4.82. The van der Waals surface area contributed by atoms with Gasteiger partial charge < -0.3 is 24.3 Å². The average Bonchev–Trinajstić information content (AvgIpc) is 2.32. The lowest BCUT2D eigenvalue weighted by molar-refractivity contribution is -0.187. The summed E-state index contributed by atoms with van der Waals surface area (Å²) >= 11 is 0. The average molecular weight is 217 g/mol. The number of ether oxygens (including phenoxy) is 4. The molecule has 2 fully saturated rings. The maximum Gasteiger partial charge on any atom is 0.169 e. The maximum absolute atomic E-state index is 5.40. The summed E-state index contributed by atoms with van der Waals surface area (Å²) in [7, 11) is 0. The van der Waals surface area contributed by atoms with Crippen molar-refractivity contribution >= 4 is 0 Å². The number of hydrogen-bond acceptors (Lipinski definition) is 5. The Balaban J connectivity index is 1.53. The molecule has 0 aliphatic carbocycles. The van der Waals surface area contributed by atoms with E-state index in [-0.39, 0.29) is 12.6 Å². The molecule has 0 unspecified atom stereocenters. The second-order valence-electron chi connectivity index (χ2n) is 3.71. The molecule has 88 valence electrons. The molecule has 0 aromatic carbocycles. The molecule has 0 amide bonds. The molecule has 5 heteroatoms. The van der Waals surface area contributed by atoms with Gasteiger partial charge in [-0.25, -0.2) is 0 Å². The Hall–Kier alpha value is -0.200. The molecule has 0 radical (unpaired) electrons. The van der Waals surface area contributed by atoms with E-state index in [4.69, 9.17) is 18.9 Å². The molecule has 2 saturated heterocycles. The van der Waals surface area contributed by atoms with Crippen LogP contribution in [-0.2, 0) is 18.9 Å². The summed E-state index contributed by atoms with van der Waals surface area (Å²) in [5, 5.41) is 3.22. The first kappa shape index (κ1) is 11.3. The Labute approximate surface area is 90.0 Å². The molecule has 0 atom stereocenters. The number of hydrogen-bond donors (Lipinski definition) is 1. The van der Waals surface area contributed by atoms with Crippen LogP contribution in [0.25, 0.3) is 0 Å². The largest absolute Gasteiger partial charge is 0.351 e. The maximum atomic E-state index is 5.40. The number of rotatable bonds is 4. The van der Waals surface area contributed by atoms with Crippen LogP contribution >= 0.6 is 0 Å². The highest BCUT2D eigenvalue weighted by Crippen LogP contribution is 2.05. The summed E-state index contributed by atoms with van der Waals surface area (Å²) in [4.78, 5) is 0. The van der Waals surface area contributed by atoms with Gasteiger partial charge in [0.25, 0.3) is 0 Å². The molecule has 0 aromatic heterocycles. The van der Waals surface area contributed by atoms with Crippen LogP contribution in [0.4, 0.5) is 0 Å². The first-order valence-electron chi connectivity index (χ1n) is 5.62. The summed E-state index contributed by atoms with van der Waals surface area (Å²) < 4.78 is 21.6. The molecule has 0 bridgehead atoms. The first-order chi connectivity index (χ1) is 7.45. The summed E-state index contributed by atoms with van der Waals surface area (Å²) in [5.74, 6) is 0. The monoisotopic (exact) mass is 217 g/mol. The molecule has 5 nitrogen and oxygen atoms in total. The fraction of sp³-hybridized carbons (Fsp3) is 1.00. The fourth-order valence-corrected chi connectivity index (χ4v) is 1.63. The van der Waals surface area contributed by atoms with Crippen molar-refractivity contribution < 1.29 is 18.9 Å². The Morgan fingerprint density at radius 3 is 1.53 bits per heavy atom. The van der Waals surface area contributed by atoms with Crippen molar-refractivity contribution in [2.45, 2.75) is 25.4 Å². The van der Waals surface area contributed by atoms with E-state index >= 15 is 0 Å². The van der Waals surface area contributed by atoms with Gasteiger partial charge in [-0.1, -0.05) is 0 Å². The first-order valence-corrected chi connectivity index (χ1v) is 5.62. The van der Waals surface area contributed by atoms with Gasteiger partial charge in [0.15, 0.2) is 12.6 Å². The van der Waals surface area contributed by atoms with Crippen molar-refractivity contribution in [3.63, 3.8) is 0 Å². The third-order valence-electron chi connectivity index (χ3n) is 2.41. The van der Waals surface area contributed by atoms with E-state index in [1.807, 2.05) is 0 Å². The van der Waals surface area contributed by atoms with Gasteiger partial charge in [0.1, 0.15) is 0 Å². The van der Waals surface area contributed by atoms with Crippen molar-refractivity contribution in [2.24, 2.45) is 0 Å². The van der Waals surface area contributed by atoms with Crippen LogP contribution < -0.4 is 5.32 Å². The zero-order chi connectivity index (χ0) is 10.3. The molecule has 2 aliphatic heterocycles. The Bertz CT molecular complexity index is 149. The third kappa shape index (κ3) is 4.04. The van der Waals surface area contributed by atoms with Crippen LogP contribution in [-0.4, -0.2) is 52.1 Å². The summed E-state index contributed by atoms with van der Waals surface area (Å²) in [6.07, 6.45) is 1.76. The molecular weight excluding hydrogens is 198 g/mol. The normalized spacial score (nSPS) is 25.6. The standard InChI is InChI=1S/C10H19NO4/c1-3-12-9(13-4-1)7-11-8-10-14-5-2-6-15-10/h9-11H,1-8H2. The van der Waals surface area contributed by atoms with Crippen LogP contribution in [0.15, 0.2) is 0 Å². The molecule has 0 spiro atoms. The van der Waals surface area contributed by atoms with Gasteiger partial charge in [-0.15, -0.1) is 0 Å². The van der Waals surface area contributed by atoms with Crippen LogP contribution in [0.1, 0.15) is 12.8 Å². The minimum Gasteiger partial charge on any atom is -0.351 e. The highest BCUT2D eigenvalue weighted by molar-refractivity contribution is 4.59. The number of nitrogens with one attached hydrogen (secondary N) is 1. The van der Waals surface area contributed by atoms with Crippen molar-refractivity contribution in [3.05, 3.63) is 0 Å². The van der Waals surface area contributed by atoms with Gasteiger partial charge in [-0.05, 0) is 12.8 Å². The highest BCUT2D eigenvalue weighted by Gasteiger charge is 2.16. The minimum absolute atomic E-state index is 0.109. The third-order valence-corrected chi connectivity index (χ3v) is 2.41. The molecular formula is C10H19NO4. The van der Waals surface area contributed by atoms with Crippen molar-refractivity contribution in [1.82, 2.24) is 5.32 Å². The van der Waals surface area contributed by atoms with E-state index in [0.717, 1.165) is 39.3 Å². The predicted molar refractivity (Wildman–Crippen MR) is 53.5 cm³/mol. The SMILES string of the molecule is C1COC(CNCC2OCCCO2)OC1. The molecule has 0 saturated carbocycles. The fourth-order valence-electron chi connectivity index (χ4n) is 1.63. The van der Waals surface area contributed by atoms with Crippen LogP contribution in [0, 0.1) is 0 Å². The smallest absolute Gasteiger partial charge is 0.169 e. The van der Waals surface area contributed by atoms with E-state index in [0.29, 0.717) is 13.1 Å². The van der Waals surface area contributed by atoms with E-state index < -0.39 is 0 Å². The second kappa shape index (κ2) is 6.40. The summed E-state index contributed by atoms with van der Waals surface area (Å²) in [6, 6.07) is 0. The molecule has 15 heavy (non-hydrogen) atoms. The quantitative estimate of drug-likeness (QED) is 0.724. The zero-order valence-electron chi connectivity index (χ0n) is 8.94. The van der Waals surface area contributed by atoms with Crippen molar-refractivity contribution in [2.75, 3.05) is 39.5 Å². The summed E-state index contributed by atoms with van der Waals surface area (Å²) in [6.45, 7) is 4.57. The van der Waals surface area contributed by atoms with E-state index in [1.165, 1.54) is 0 Å². The second-order valence-corrected chi connectivity index (χ2v) is 3.71. The van der Waals surface area contributed by atoms with E-state index in [9.17, 15) is 0 Å². The Morgan fingerprint density at radius 2 is 1.13 bits per heavy atom. The Morgan fingerprint density at radius 1 is 0.733 bits per heavy atom. The molecule has 2 aliphatic rings. The zero-order valence-corrected chi connectivity index (χ0v) is 8.94. The van der Waals surface area contributed by atoms with Gasteiger partial charge in [0, 0.05) is 13.1 Å². The van der Waals surface area contributed by atoms with Crippen LogP contribution in [0.3, 0.4) is 0 Å². The molecule has 1 N–H and O–H groups in total. The molecule has 0 aromatic rings. The topological polar surface area (TPSA) is 49.0 Å². The minimum atomic E-state index is -0.109. The van der Waals surface area contributed by atoms with Gasteiger partial charge in [0.05, 0.1) is 26.4 Å². The van der Waals surface area contributed by atoms with Gasteiger partial charge in [-0.2, -0.15) is 0 Å². The lowest BCUT2D eigenvalue weighted by Crippen LogP contribution is -2.41. The molecule has 2 rings (SSSR count). The predicted octanol–water partition coefficient (Wildman–Crippen LogP) is 0.102. The lowest BCUT2D eigenvalue weighted by Gasteiger charge is -2.26. The highest BCUT2D eigenvalue weighted by atomic mass is 16.7. The van der Waals surface area contributed by atoms with Gasteiger partial charge >= 0.3 is 0 Å². The van der Waals surface area contributed by atoms with Crippen molar-refractivity contribution in [3.8, 4) is 0 Å². The van der Waals surface area contributed by atoms with Crippen LogP contribution in [0.5, 0.6) is 0 Å². The molecule has 2 heterocycles. The van der Waals surface area contributed by atoms with E-state index in [1.54, 1.807) is 0 Å². The lowest BCUT2D eigenvalue weighted by atomic mass is 10.4. The summed E-state index contributed by atoms with van der Waals surface area (Å²) in [5.41, 5.74) is 0. The van der Waals surface area contributed by atoms with E-state index in [2.05, 4.69) is 5.32 Å². The van der Waals surface area contributed by atoms with Crippen molar-refractivity contribution in [1.29, 1.82) is 0 Å². The van der Waals surface area contributed by atoms with Gasteiger partial charge in [-0.3, -0.25) is 0 Å². The van der Waals surface area contributed by atoms with Crippen LogP contribution in [0.2, 0.25) is 0 Å².